The molecular formula is C24H40FN5O. The fourth-order valence-corrected chi connectivity index (χ4v) is 4.50. The quantitative estimate of drug-likeness (QED) is 0.438. The maximum absolute atomic E-state index is 14.8. The van der Waals surface area contributed by atoms with Crippen molar-refractivity contribution in [1.29, 1.82) is 0 Å². The summed E-state index contributed by atoms with van der Waals surface area (Å²) >= 11 is 0. The first-order valence-corrected chi connectivity index (χ1v) is 11.9. The summed E-state index contributed by atoms with van der Waals surface area (Å²) in [5.41, 5.74) is 1.92. The Hall–Kier alpha value is -1.86. The summed E-state index contributed by atoms with van der Waals surface area (Å²) < 4.78 is 20.1. The van der Waals surface area contributed by atoms with E-state index in [0.29, 0.717) is 17.6 Å². The number of hydrogen-bond donors (Lipinski definition) is 2. The molecule has 0 spiro atoms. The van der Waals surface area contributed by atoms with Crippen molar-refractivity contribution in [2.75, 3.05) is 64.4 Å². The lowest BCUT2D eigenvalue weighted by Crippen LogP contribution is -2.47. The van der Waals surface area contributed by atoms with E-state index in [2.05, 4.69) is 34.3 Å². The van der Waals surface area contributed by atoms with Crippen molar-refractivity contribution in [3.63, 3.8) is 0 Å². The maximum atomic E-state index is 14.8. The van der Waals surface area contributed by atoms with Crippen LogP contribution in [0.5, 0.6) is 0 Å². The second-order valence-corrected chi connectivity index (χ2v) is 8.85. The predicted octanol–water partition coefficient (Wildman–Crippen LogP) is 3.23. The van der Waals surface area contributed by atoms with Gasteiger partial charge in [-0.25, -0.2) is 9.38 Å². The van der Waals surface area contributed by atoms with Crippen molar-refractivity contribution in [3.8, 4) is 0 Å². The van der Waals surface area contributed by atoms with Gasteiger partial charge in [-0.1, -0.05) is 19.4 Å². The first kappa shape index (κ1) is 23.8. The topological polar surface area (TPSA) is 52.1 Å². The van der Waals surface area contributed by atoms with Crippen LogP contribution < -0.4 is 15.5 Å². The fourth-order valence-electron chi connectivity index (χ4n) is 4.50. The molecule has 0 amide bonds. The maximum Gasteiger partial charge on any atom is 0.191 e. The van der Waals surface area contributed by atoms with Crippen LogP contribution in [0, 0.1) is 11.2 Å². The van der Waals surface area contributed by atoms with Gasteiger partial charge in [-0.2, -0.15) is 0 Å². The highest BCUT2D eigenvalue weighted by atomic mass is 19.1. The third-order valence-electron chi connectivity index (χ3n) is 6.82. The van der Waals surface area contributed by atoms with E-state index in [1.807, 2.05) is 12.1 Å². The predicted molar refractivity (Wildman–Crippen MR) is 126 cm³/mol. The van der Waals surface area contributed by atoms with E-state index in [0.717, 1.165) is 70.4 Å². The van der Waals surface area contributed by atoms with Crippen molar-refractivity contribution in [1.82, 2.24) is 15.5 Å². The summed E-state index contributed by atoms with van der Waals surface area (Å²) in [6, 6.07) is 5.56. The minimum absolute atomic E-state index is 0.149. The van der Waals surface area contributed by atoms with Crippen molar-refractivity contribution >= 4 is 11.6 Å². The Morgan fingerprint density at radius 2 is 1.94 bits per heavy atom. The first-order chi connectivity index (χ1) is 15.1. The van der Waals surface area contributed by atoms with Crippen LogP contribution in [-0.4, -0.2) is 70.4 Å². The monoisotopic (exact) mass is 433 g/mol. The summed E-state index contributed by atoms with van der Waals surface area (Å²) in [5, 5.41) is 6.82. The lowest BCUT2D eigenvalue weighted by atomic mass is 9.67. The van der Waals surface area contributed by atoms with Gasteiger partial charge in [0.05, 0.1) is 12.2 Å². The van der Waals surface area contributed by atoms with E-state index in [1.165, 1.54) is 19.3 Å². The molecule has 0 aromatic heterocycles. The summed E-state index contributed by atoms with van der Waals surface area (Å²) in [4.78, 5) is 9.26. The van der Waals surface area contributed by atoms with Gasteiger partial charge in [-0.05, 0) is 55.8 Å². The second-order valence-electron chi connectivity index (χ2n) is 8.85. The van der Waals surface area contributed by atoms with Crippen molar-refractivity contribution in [2.45, 2.75) is 46.1 Å². The van der Waals surface area contributed by atoms with Gasteiger partial charge in [0, 0.05) is 53.0 Å². The summed E-state index contributed by atoms with van der Waals surface area (Å²) in [6.45, 7) is 12.0. The zero-order valence-corrected chi connectivity index (χ0v) is 19.6. The van der Waals surface area contributed by atoms with Gasteiger partial charge < -0.3 is 25.2 Å². The van der Waals surface area contributed by atoms with E-state index in [4.69, 9.17) is 9.73 Å². The van der Waals surface area contributed by atoms with Crippen LogP contribution in [0.15, 0.2) is 23.2 Å². The number of benzene rings is 1. The molecule has 6 nitrogen and oxygen atoms in total. The largest absolute Gasteiger partial charge is 0.385 e. The molecule has 0 bridgehead atoms. The van der Waals surface area contributed by atoms with Crippen molar-refractivity contribution in [2.24, 2.45) is 10.4 Å². The molecule has 0 unspecified atom stereocenters. The molecule has 1 aliphatic heterocycles. The molecule has 0 atom stereocenters. The summed E-state index contributed by atoms with van der Waals surface area (Å²) in [6.07, 6.45) is 4.84. The number of nitrogens with one attached hydrogen (secondary N) is 2. The van der Waals surface area contributed by atoms with Gasteiger partial charge >= 0.3 is 0 Å². The third-order valence-corrected chi connectivity index (χ3v) is 6.82. The van der Waals surface area contributed by atoms with E-state index >= 15 is 0 Å². The Balaban J connectivity index is 1.57. The number of aliphatic imine (C=N–C) groups is 1. The number of hydrogen-bond acceptors (Lipinski definition) is 4. The van der Waals surface area contributed by atoms with Gasteiger partial charge in [0.15, 0.2) is 5.96 Å². The molecule has 1 aromatic carbocycles. The van der Waals surface area contributed by atoms with E-state index in [1.54, 1.807) is 13.2 Å². The number of guanidine groups is 1. The molecule has 0 radical (unpaired) electrons. The number of anilines is 1. The highest BCUT2D eigenvalue weighted by molar-refractivity contribution is 5.79. The van der Waals surface area contributed by atoms with E-state index in [9.17, 15) is 4.39 Å². The molecule has 174 valence electrons. The molecule has 31 heavy (non-hydrogen) atoms. The molecule has 1 heterocycles. The minimum atomic E-state index is -0.149. The molecule has 2 N–H and O–H groups in total. The number of likely N-dealkylation sites (N-methyl/N-ethyl adjacent to an activating group) is 1. The van der Waals surface area contributed by atoms with Gasteiger partial charge in [0.25, 0.3) is 0 Å². The van der Waals surface area contributed by atoms with E-state index in [-0.39, 0.29) is 5.82 Å². The van der Waals surface area contributed by atoms with Crippen LogP contribution >= 0.6 is 0 Å². The highest BCUT2D eigenvalue weighted by Crippen LogP contribution is 2.43. The first-order valence-electron chi connectivity index (χ1n) is 11.9. The Kier molecular flexibility index (Phi) is 8.96. The average molecular weight is 434 g/mol. The Bertz CT molecular complexity index is 714. The van der Waals surface area contributed by atoms with Crippen LogP contribution in [0.3, 0.4) is 0 Å². The lowest BCUT2D eigenvalue weighted by Gasteiger charge is -2.42. The Morgan fingerprint density at radius 3 is 2.52 bits per heavy atom. The fraction of sp³-hybridized carbons (Fsp3) is 0.708. The number of nitrogens with zero attached hydrogens (tertiary/aromatic N) is 3. The van der Waals surface area contributed by atoms with Crippen molar-refractivity contribution < 1.29 is 9.13 Å². The van der Waals surface area contributed by atoms with Gasteiger partial charge in [0.2, 0.25) is 0 Å². The van der Waals surface area contributed by atoms with Crippen LogP contribution in [-0.2, 0) is 11.3 Å². The number of halogens is 1. The minimum Gasteiger partial charge on any atom is -0.385 e. The molecule has 1 saturated carbocycles. The normalized spacial score (nSPS) is 19.2. The summed E-state index contributed by atoms with van der Waals surface area (Å²) in [7, 11) is 1.76. The van der Waals surface area contributed by atoms with Crippen LogP contribution in [0.1, 0.15) is 45.1 Å². The number of methoxy groups -OCH3 is 1. The Labute approximate surface area is 187 Å². The number of ether oxygens (including phenoxy) is 1. The molecule has 1 aromatic rings. The smallest absolute Gasteiger partial charge is 0.191 e. The van der Waals surface area contributed by atoms with Gasteiger partial charge in [-0.3, -0.25) is 0 Å². The lowest BCUT2D eigenvalue weighted by molar-refractivity contribution is 0.0732. The van der Waals surface area contributed by atoms with Crippen molar-refractivity contribution in [3.05, 3.63) is 29.6 Å². The average Bonchev–Trinajstić information content (AvgIpc) is 2.76. The molecular weight excluding hydrogens is 393 g/mol. The molecule has 1 saturated heterocycles. The van der Waals surface area contributed by atoms with Crippen LogP contribution in [0.4, 0.5) is 10.1 Å². The molecule has 7 heteroatoms. The number of rotatable bonds is 10. The highest BCUT2D eigenvalue weighted by Gasteiger charge is 2.36. The molecule has 3 rings (SSSR count). The Morgan fingerprint density at radius 1 is 1.16 bits per heavy atom. The second kappa shape index (κ2) is 11.7. The van der Waals surface area contributed by atoms with Gasteiger partial charge in [-0.15, -0.1) is 0 Å². The SMILES string of the molecule is CCNC(=NCc1ccc(N2CCN(CC)CC2)c(F)c1)NCC1(CCOC)CCC1. The zero-order valence-electron chi connectivity index (χ0n) is 19.6. The van der Waals surface area contributed by atoms with E-state index < -0.39 is 0 Å². The summed E-state index contributed by atoms with van der Waals surface area (Å²) in [5.74, 6) is 0.648. The van der Waals surface area contributed by atoms with Gasteiger partial charge in [0.1, 0.15) is 5.82 Å². The number of piperazine rings is 1. The molecule has 2 fully saturated rings. The molecule has 2 aliphatic rings. The van der Waals surface area contributed by atoms with Crippen LogP contribution in [0.25, 0.3) is 0 Å². The van der Waals surface area contributed by atoms with Crippen LogP contribution in [0.2, 0.25) is 0 Å². The zero-order chi connectivity index (χ0) is 22.1. The standard InChI is InChI=1S/C24H40FN5O/c1-4-26-23(28-19-24(9-6-10-24)11-16-31-3)27-18-20-7-8-22(21(25)17-20)30-14-12-29(5-2)13-15-30/h7-8,17H,4-6,9-16,18-19H2,1-3H3,(H2,26,27,28). The third kappa shape index (κ3) is 6.56. The molecule has 1 aliphatic carbocycles.